The van der Waals surface area contributed by atoms with Gasteiger partial charge in [-0.15, -0.1) is 0 Å². The van der Waals surface area contributed by atoms with Crippen molar-refractivity contribution in [2.45, 2.75) is 31.3 Å². The summed E-state index contributed by atoms with van der Waals surface area (Å²) < 4.78 is 9.21. The Kier molecular flexibility index (Phi) is 6.84. The normalized spacial score (nSPS) is 23.6. The number of hydrogen-bond donors (Lipinski definition) is 2. The SMILES string of the molecule is COc1cc(C=CC2C3=CCn4c(=O)n(C)c(=O)n4C3CC3C(=O)N(Nc4ccc(C)cc4)C(=O)C23c2ccccc2)ccc1O. The van der Waals surface area contributed by atoms with Gasteiger partial charge < -0.3 is 9.84 Å². The number of fused-ring (bicyclic) bond motifs is 4. The van der Waals surface area contributed by atoms with Crippen LogP contribution in [0.4, 0.5) is 5.69 Å². The molecule has 1 aliphatic carbocycles. The van der Waals surface area contributed by atoms with Crippen LogP contribution in [0, 0.1) is 18.8 Å². The van der Waals surface area contributed by atoms with Gasteiger partial charge in [0.1, 0.15) is 0 Å². The number of carbonyl (C=O) groups is 2. The highest BCUT2D eigenvalue weighted by Crippen LogP contribution is 2.58. The molecule has 0 bridgehead atoms. The number of amides is 2. The molecule has 2 amide bonds. The molecule has 234 valence electrons. The first-order valence-corrected chi connectivity index (χ1v) is 15.1. The van der Waals surface area contributed by atoms with E-state index in [0.29, 0.717) is 16.8 Å². The monoisotopic (exact) mass is 619 g/mol. The van der Waals surface area contributed by atoms with E-state index in [4.69, 9.17) is 4.74 Å². The van der Waals surface area contributed by atoms with E-state index in [2.05, 4.69) is 5.43 Å². The highest BCUT2D eigenvalue weighted by Gasteiger charge is 2.67. The van der Waals surface area contributed by atoms with Crippen molar-refractivity contribution < 1.29 is 19.4 Å². The highest BCUT2D eigenvalue weighted by molar-refractivity contribution is 6.12. The predicted octanol–water partition coefficient (Wildman–Crippen LogP) is 3.54. The Labute approximate surface area is 264 Å². The van der Waals surface area contributed by atoms with Gasteiger partial charge in [0.25, 0.3) is 11.8 Å². The number of hydrogen-bond acceptors (Lipinski definition) is 7. The molecule has 3 heterocycles. The number of aromatic hydroxyl groups is 1. The van der Waals surface area contributed by atoms with Crippen LogP contribution in [0.3, 0.4) is 0 Å². The lowest BCUT2D eigenvalue weighted by atomic mass is 9.54. The molecule has 7 rings (SSSR count). The molecule has 2 N–H and O–H groups in total. The topological polar surface area (TPSA) is 128 Å². The molecule has 3 aromatic carbocycles. The molecule has 4 unspecified atom stereocenters. The summed E-state index contributed by atoms with van der Waals surface area (Å²) in [6, 6.07) is 21.0. The third-order valence-electron chi connectivity index (χ3n) is 9.59. The van der Waals surface area contributed by atoms with Crippen LogP contribution in [0.2, 0.25) is 0 Å². The van der Waals surface area contributed by atoms with Crippen molar-refractivity contribution in [3.63, 3.8) is 0 Å². The minimum atomic E-state index is -1.36. The Morgan fingerprint density at radius 3 is 2.43 bits per heavy atom. The molecule has 11 nitrogen and oxygen atoms in total. The van der Waals surface area contributed by atoms with Gasteiger partial charge in [0, 0.05) is 13.0 Å². The molecule has 2 fully saturated rings. The van der Waals surface area contributed by atoms with Crippen molar-refractivity contribution in [3.8, 4) is 11.5 Å². The van der Waals surface area contributed by atoms with Crippen LogP contribution < -0.4 is 21.5 Å². The van der Waals surface area contributed by atoms with Crippen LogP contribution in [0.5, 0.6) is 11.5 Å². The summed E-state index contributed by atoms with van der Waals surface area (Å²) in [4.78, 5) is 55.9. The van der Waals surface area contributed by atoms with E-state index in [0.717, 1.165) is 20.7 Å². The second kappa shape index (κ2) is 10.8. The molecule has 3 aliphatic rings. The van der Waals surface area contributed by atoms with E-state index in [1.807, 2.05) is 79.7 Å². The summed E-state index contributed by atoms with van der Waals surface area (Å²) in [6.07, 6.45) is 5.78. The van der Waals surface area contributed by atoms with Gasteiger partial charge in [-0.25, -0.2) is 23.5 Å². The zero-order valence-corrected chi connectivity index (χ0v) is 25.6. The number of rotatable bonds is 6. The first-order valence-electron chi connectivity index (χ1n) is 15.1. The summed E-state index contributed by atoms with van der Waals surface area (Å²) in [5.74, 6) is -2.10. The summed E-state index contributed by atoms with van der Waals surface area (Å²) in [6.45, 7) is 2.09. The number of carbonyl (C=O) groups excluding carboxylic acids is 2. The lowest BCUT2D eigenvalue weighted by Crippen LogP contribution is -2.54. The van der Waals surface area contributed by atoms with E-state index < -0.39 is 46.5 Å². The average Bonchev–Trinajstić information content (AvgIpc) is 3.42. The van der Waals surface area contributed by atoms with Crippen molar-refractivity contribution in [1.82, 2.24) is 18.9 Å². The summed E-state index contributed by atoms with van der Waals surface area (Å²) >= 11 is 0. The molecule has 11 heteroatoms. The molecular formula is C35H33N5O6. The second-order valence-electron chi connectivity index (χ2n) is 12.0. The number of imide groups is 1. The van der Waals surface area contributed by atoms with Crippen LogP contribution in [0.15, 0.2) is 100 Å². The predicted molar refractivity (Wildman–Crippen MR) is 171 cm³/mol. The van der Waals surface area contributed by atoms with E-state index in [1.54, 1.807) is 12.1 Å². The number of aromatic nitrogens is 3. The van der Waals surface area contributed by atoms with Gasteiger partial charge >= 0.3 is 11.4 Å². The molecule has 1 saturated carbocycles. The molecule has 1 saturated heterocycles. The van der Waals surface area contributed by atoms with Gasteiger partial charge in [-0.1, -0.05) is 72.3 Å². The van der Waals surface area contributed by atoms with Gasteiger partial charge in [0.15, 0.2) is 11.5 Å². The second-order valence-corrected chi connectivity index (χ2v) is 12.0. The van der Waals surface area contributed by atoms with Crippen molar-refractivity contribution in [3.05, 3.63) is 128 Å². The molecule has 0 radical (unpaired) electrons. The maximum atomic E-state index is 15.0. The molecule has 46 heavy (non-hydrogen) atoms. The van der Waals surface area contributed by atoms with Gasteiger partial charge in [-0.3, -0.25) is 15.0 Å². The number of methoxy groups -OCH3 is 1. The van der Waals surface area contributed by atoms with Gasteiger partial charge in [-0.05, 0) is 54.3 Å². The number of allylic oxidation sites excluding steroid dienone is 3. The number of phenols is 1. The Bertz CT molecular complexity index is 2060. The van der Waals surface area contributed by atoms with E-state index in [1.165, 1.54) is 29.6 Å². The fraction of sp³-hybridized carbons (Fsp3) is 0.257. The summed E-state index contributed by atoms with van der Waals surface area (Å²) in [5.41, 5.74) is 4.55. The molecule has 4 atom stereocenters. The number of nitrogens with zero attached hydrogens (tertiary/aromatic N) is 4. The fourth-order valence-corrected chi connectivity index (χ4v) is 7.37. The van der Waals surface area contributed by atoms with Crippen LogP contribution in [-0.2, 0) is 28.6 Å². The number of nitrogens with one attached hydrogen (secondary N) is 1. The van der Waals surface area contributed by atoms with Gasteiger partial charge in [0.2, 0.25) is 0 Å². The maximum absolute atomic E-state index is 15.0. The third-order valence-corrected chi connectivity index (χ3v) is 9.59. The van der Waals surface area contributed by atoms with Crippen molar-refractivity contribution in [1.29, 1.82) is 0 Å². The number of benzene rings is 3. The zero-order valence-electron chi connectivity index (χ0n) is 25.6. The van der Waals surface area contributed by atoms with Crippen LogP contribution in [-0.4, -0.2) is 43.0 Å². The van der Waals surface area contributed by atoms with E-state index >= 15 is 0 Å². The molecule has 4 aromatic rings. The average molecular weight is 620 g/mol. The van der Waals surface area contributed by atoms with Gasteiger partial charge in [-0.2, -0.15) is 5.01 Å². The number of ether oxygens (including phenoxy) is 1. The van der Waals surface area contributed by atoms with Crippen LogP contribution >= 0.6 is 0 Å². The van der Waals surface area contributed by atoms with Gasteiger partial charge in [0.05, 0.1) is 36.7 Å². The van der Waals surface area contributed by atoms with Crippen molar-refractivity contribution in [2.75, 3.05) is 12.5 Å². The number of anilines is 1. The lowest BCUT2D eigenvalue weighted by molar-refractivity contribution is -0.138. The molecule has 2 aliphatic heterocycles. The maximum Gasteiger partial charge on any atom is 0.347 e. The largest absolute Gasteiger partial charge is 0.504 e. The first kappa shape index (κ1) is 29.1. The Balaban J connectivity index is 1.45. The Hall–Kier alpha value is -5.58. The summed E-state index contributed by atoms with van der Waals surface area (Å²) in [5, 5.41) is 11.3. The minimum absolute atomic E-state index is 0.0102. The number of hydrazine groups is 1. The minimum Gasteiger partial charge on any atom is -0.504 e. The molecule has 1 aromatic heterocycles. The van der Waals surface area contributed by atoms with Crippen LogP contribution in [0.1, 0.15) is 29.2 Å². The van der Waals surface area contributed by atoms with E-state index in [-0.39, 0.29) is 24.5 Å². The third kappa shape index (κ3) is 4.18. The van der Waals surface area contributed by atoms with E-state index in [9.17, 15) is 24.3 Å². The first-order chi connectivity index (χ1) is 22.2. The zero-order chi connectivity index (χ0) is 32.3. The molecule has 0 spiro atoms. The fourth-order valence-electron chi connectivity index (χ4n) is 7.37. The lowest BCUT2D eigenvalue weighted by Gasteiger charge is -2.47. The Morgan fingerprint density at radius 1 is 0.978 bits per heavy atom. The molecular weight excluding hydrogens is 586 g/mol. The number of aryl methyl sites for hydroxylation is 1. The quantitative estimate of drug-likeness (QED) is 0.250. The standard InChI is InChI=1S/C35H33N5O6/c1-21-9-13-24(14-10-21)36-39-31(42)27-20-28-25(17-18-38-33(44)37(2)34(45)40(28)38)26(15-11-22-12-16-29(41)30(19-22)46-3)35(27,32(39)43)23-7-5-4-6-8-23/h4-17,19,26-28,36,41H,18,20H2,1-3H3. The highest BCUT2D eigenvalue weighted by atomic mass is 16.5. The smallest absolute Gasteiger partial charge is 0.347 e. The number of phenolic OH excluding ortho intramolecular Hbond substituents is 1. The Morgan fingerprint density at radius 2 is 1.72 bits per heavy atom. The summed E-state index contributed by atoms with van der Waals surface area (Å²) in [7, 11) is 2.90. The van der Waals surface area contributed by atoms with Crippen LogP contribution in [0.25, 0.3) is 6.08 Å². The van der Waals surface area contributed by atoms with Crippen molar-refractivity contribution in [2.24, 2.45) is 18.9 Å². The van der Waals surface area contributed by atoms with Crippen molar-refractivity contribution >= 4 is 23.6 Å².